The van der Waals surface area contributed by atoms with Gasteiger partial charge in [-0.2, -0.15) is 0 Å². The van der Waals surface area contributed by atoms with Crippen LogP contribution in [0.1, 0.15) is 37.7 Å². The third-order valence-corrected chi connectivity index (χ3v) is 5.13. The molecule has 2 aliphatic heterocycles. The van der Waals surface area contributed by atoms with Crippen LogP contribution < -0.4 is 9.64 Å². The third kappa shape index (κ3) is 4.47. The van der Waals surface area contributed by atoms with Crippen molar-refractivity contribution in [3.8, 4) is 5.75 Å². The summed E-state index contributed by atoms with van der Waals surface area (Å²) in [6.45, 7) is 3.52. The first-order valence-electron chi connectivity index (χ1n) is 9.55. The molecule has 2 aromatic rings. The molecule has 0 amide bonds. The van der Waals surface area contributed by atoms with Crippen molar-refractivity contribution in [1.29, 1.82) is 0 Å². The van der Waals surface area contributed by atoms with Gasteiger partial charge in [0, 0.05) is 19.7 Å². The van der Waals surface area contributed by atoms with E-state index in [4.69, 9.17) is 14.0 Å². The number of piperidine rings is 1. The van der Waals surface area contributed by atoms with Crippen LogP contribution in [0.25, 0.3) is 6.08 Å². The zero-order chi connectivity index (χ0) is 17.6. The molecule has 1 atom stereocenters. The molecule has 0 N–H and O–H groups in total. The smallest absolute Gasteiger partial charge is 0.147 e. The lowest BCUT2D eigenvalue weighted by Gasteiger charge is -2.28. The van der Waals surface area contributed by atoms with Crippen molar-refractivity contribution < 1.29 is 14.0 Å². The van der Waals surface area contributed by atoms with Crippen molar-refractivity contribution in [2.24, 2.45) is 0 Å². The Bertz CT molecular complexity index is 711. The van der Waals surface area contributed by atoms with Gasteiger partial charge in [0.1, 0.15) is 18.6 Å². The Balaban J connectivity index is 1.32. The van der Waals surface area contributed by atoms with Gasteiger partial charge in [-0.25, -0.2) is 0 Å². The van der Waals surface area contributed by atoms with Gasteiger partial charge in [0.15, 0.2) is 0 Å². The van der Waals surface area contributed by atoms with Crippen molar-refractivity contribution in [1.82, 2.24) is 5.16 Å². The molecule has 1 aromatic heterocycles. The number of anilines is 1. The van der Waals surface area contributed by atoms with Crippen molar-refractivity contribution in [3.05, 3.63) is 47.9 Å². The maximum absolute atomic E-state index is 5.96. The van der Waals surface area contributed by atoms with E-state index in [1.807, 2.05) is 6.07 Å². The van der Waals surface area contributed by atoms with Crippen LogP contribution in [0.3, 0.4) is 0 Å². The molecule has 5 heteroatoms. The van der Waals surface area contributed by atoms with Crippen molar-refractivity contribution in [2.45, 2.75) is 38.2 Å². The Hall–Kier alpha value is -2.27. The Morgan fingerprint density at radius 3 is 2.92 bits per heavy atom. The molecule has 3 heterocycles. The van der Waals surface area contributed by atoms with Gasteiger partial charge >= 0.3 is 0 Å². The number of nitrogens with zero attached hydrogens (tertiary/aromatic N) is 2. The fraction of sp³-hybridized carbons (Fsp3) is 0.476. The summed E-state index contributed by atoms with van der Waals surface area (Å²) in [5, 5.41) is 3.79. The molecule has 5 nitrogen and oxygen atoms in total. The van der Waals surface area contributed by atoms with Crippen LogP contribution in [0.2, 0.25) is 0 Å². The molecule has 1 aromatic carbocycles. The van der Waals surface area contributed by atoms with Gasteiger partial charge in [0.2, 0.25) is 0 Å². The maximum atomic E-state index is 5.96. The fourth-order valence-corrected chi connectivity index (χ4v) is 3.61. The van der Waals surface area contributed by atoms with Gasteiger partial charge in [-0.3, -0.25) is 0 Å². The van der Waals surface area contributed by atoms with Crippen LogP contribution in [-0.4, -0.2) is 37.6 Å². The molecule has 2 fully saturated rings. The number of ether oxygens (including phenoxy) is 2. The Kier molecular flexibility index (Phi) is 5.55. The molecule has 2 saturated heterocycles. The topological polar surface area (TPSA) is 47.7 Å². The van der Waals surface area contributed by atoms with E-state index in [0.717, 1.165) is 50.4 Å². The van der Waals surface area contributed by atoms with Gasteiger partial charge in [0.25, 0.3) is 0 Å². The first-order valence-corrected chi connectivity index (χ1v) is 9.55. The lowest BCUT2D eigenvalue weighted by Crippen LogP contribution is -2.30. The average Bonchev–Trinajstić information content (AvgIpc) is 3.23. The first kappa shape index (κ1) is 17.2. The van der Waals surface area contributed by atoms with Crippen LogP contribution in [0, 0.1) is 0 Å². The van der Waals surface area contributed by atoms with Crippen molar-refractivity contribution in [3.63, 3.8) is 0 Å². The second kappa shape index (κ2) is 8.41. The summed E-state index contributed by atoms with van der Waals surface area (Å²) in [5.74, 6) is 0.926. The molecule has 0 saturated carbocycles. The molecule has 1 unspecified atom stereocenters. The highest BCUT2D eigenvalue weighted by atomic mass is 16.5. The largest absolute Gasteiger partial charge is 0.491 e. The van der Waals surface area contributed by atoms with Gasteiger partial charge in [-0.1, -0.05) is 28.9 Å². The molecule has 2 aliphatic rings. The molecule has 0 bridgehead atoms. The molecular formula is C21H26N2O3. The Morgan fingerprint density at radius 1 is 1.23 bits per heavy atom. The summed E-state index contributed by atoms with van der Waals surface area (Å²) in [6.07, 6.45) is 11.7. The molecular weight excluding hydrogens is 328 g/mol. The number of hydrogen-bond acceptors (Lipinski definition) is 5. The van der Waals surface area contributed by atoms with Gasteiger partial charge in [-0.15, -0.1) is 0 Å². The van der Waals surface area contributed by atoms with Crippen LogP contribution in [0.15, 0.2) is 46.8 Å². The Morgan fingerprint density at radius 2 is 2.15 bits per heavy atom. The number of hydrogen-bond donors (Lipinski definition) is 0. The summed E-state index contributed by atoms with van der Waals surface area (Å²) >= 11 is 0. The minimum absolute atomic E-state index is 0.243. The number of aromatic nitrogens is 1. The summed E-state index contributed by atoms with van der Waals surface area (Å²) in [7, 11) is 0. The molecule has 138 valence electrons. The van der Waals surface area contributed by atoms with E-state index in [-0.39, 0.29) is 6.10 Å². The van der Waals surface area contributed by atoms with Crippen molar-refractivity contribution in [2.75, 3.05) is 31.2 Å². The predicted molar refractivity (Wildman–Crippen MR) is 101 cm³/mol. The molecule has 26 heavy (non-hydrogen) atoms. The van der Waals surface area contributed by atoms with E-state index in [1.165, 1.54) is 24.0 Å². The standard InChI is InChI=1S/C21H26N2O3/c1-2-11-24-21(5-1)16-25-20-6-3-4-18(13-20)12-17-7-9-23(10-8-17)19-14-22-26-15-19/h3-4,6,12-15,21H,1-2,5,7-11,16H2. The summed E-state index contributed by atoms with van der Waals surface area (Å²) in [4.78, 5) is 2.32. The minimum Gasteiger partial charge on any atom is -0.491 e. The lowest BCUT2D eigenvalue weighted by molar-refractivity contribution is -0.0110. The van der Waals surface area contributed by atoms with E-state index >= 15 is 0 Å². The fourth-order valence-electron chi connectivity index (χ4n) is 3.61. The second-order valence-corrected chi connectivity index (χ2v) is 7.04. The van der Waals surface area contributed by atoms with Crippen LogP contribution in [0.4, 0.5) is 5.69 Å². The quantitative estimate of drug-likeness (QED) is 0.801. The molecule has 0 aliphatic carbocycles. The summed E-state index contributed by atoms with van der Waals surface area (Å²) in [5.41, 5.74) is 3.76. The van der Waals surface area contributed by atoms with E-state index in [2.05, 4.69) is 34.3 Å². The van der Waals surface area contributed by atoms with Gasteiger partial charge in [-0.05, 0) is 49.8 Å². The second-order valence-electron chi connectivity index (χ2n) is 7.04. The van der Waals surface area contributed by atoms with E-state index in [9.17, 15) is 0 Å². The van der Waals surface area contributed by atoms with Crippen molar-refractivity contribution >= 4 is 11.8 Å². The monoisotopic (exact) mass is 354 g/mol. The first-order chi connectivity index (χ1) is 12.9. The van der Waals surface area contributed by atoms with Gasteiger partial charge < -0.3 is 18.9 Å². The van der Waals surface area contributed by atoms with E-state index in [0.29, 0.717) is 6.61 Å². The molecule has 0 radical (unpaired) electrons. The third-order valence-electron chi connectivity index (χ3n) is 5.13. The average molecular weight is 354 g/mol. The highest BCUT2D eigenvalue weighted by Crippen LogP contribution is 2.25. The zero-order valence-electron chi connectivity index (χ0n) is 15.1. The van der Waals surface area contributed by atoms with Crippen LogP contribution in [-0.2, 0) is 4.74 Å². The zero-order valence-corrected chi connectivity index (χ0v) is 15.1. The summed E-state index contributed by atoms with van der Waals surface area (Å²) in [6, 6.07) is 8.36. The normalized spacial score (nSPS) is 20.8. The predicted octanol–water partition coefficient (Wildman–Crippen LogP) is 4.31. The highest BCUT2D eigenvalue weighted by Gasteiger charge is 2.16. The lowest BCUT2D eigenvalue weighted by atomic mass is 10.0. The Labute approximate surface area is 154 Å². The summed E-state index contributed by atoms with van der Waals surface area (Å²) < 4.78 is 16.6. The highest BCUT2D eigenvalue weighted by molar-refractivity contribution is 5.56. The van der Waals surface area contributed by atoms with E-state index < -0.39 is 0 Å². The maximum Gasteiger partial charge on any atom is 0.147 e. The molecule has 0 spiro atoms. The SMILES string of the molecule is C(=C1CCN(c2cnoc2)CC1)c1cccc(OCC2CCCCO2)c1. The van der Waals surface area contributed by atoms with E-state index in [1.54, 1.807) is 12.5 Å². The number of benzene rings is 1. The van der Waals surface area contributed by atoms with Crippen LogP contribution in [0.5, 0.6) is 5.75 Å². The van der Waals surface area contributed by atoms with Crippen LogP contribution >= 0.6 is 0 Å². The molecule has 4 rings (SSSR count). The van der Waals surface area contributed by atoms with Gasteiger partial charge in [0.05, 0.1) is 18.0 Å². The number of rotatable bonds is 5. The minimum atomic E-state index is 0.243.